The van der Waals surface area contributed by atoms with Crippen LogP contribution in [0.15, 0.2) is 30.5 Å². The number of benzene rings is 1. The second-order valence-corrected chi connectivity index (χ2v) is 2.94. The van der Waals surface area contributed by atoms with Gasteiger partial charge in [-0.05, 0) is 6.07 Å². The first kappa shape index (κ1) is 7.37. The number of fused-ring (bicyclic) bond motifs is 1. The van der Waals surface area contributed by atoms with Crippen LogP contribution in [0.2, 0.25) is 0 Å². The van der Waals surface area contributed by atoms with E-state index in [9.17, 15) is 0 Å². The summed E-state index contributed by atoms with van der Waals surface area (Å²) in [5, 5.41) is 10.2. The van der Waals surface area contributed by atoms with E-state index in [-0.39, 0.29) is 6.61 Å². The number of para-hydroxylation sites is 1. The van der Waals surface area contributed by atoms with Crippen molar-refractivity contribution in [3.63, 3.8) is 0 Å². The van der Waals surface area contributed by atoms with Crippen molar-refractivity contribution in [3.8, 4) is 0 Å². The summed E-state index contributed by atoms with van der Waals surface area (Å²) < 4.78 is 2.03. The fraction of sp³-hybridized carbons (Fsp3) is 0.200. The Balaban J connectivity index is 2.82. The van der Waals surface area contributed by atoms with Crippen molar-refractivity contribution in [1.82, 2.24) is 4.57 Å². The number of hydrogen-bond acceptors (Lipinski definition) is 1. The van der Waals surface area contributed by atoms with Crippen LogP contribution in [0.4, 0.5) is 0 Å². The Kier molecular flexibility index (Phi) is 1.62. The minimum absolute atomic E-state index is 0.112. The van der Waals surface area contributed by atoms with Crippen LogP contribution >= 0.6 is 0 Å². The first-order valence-corrected chi connectivity index (χ1v) is 3.96. The van der Waals surface area contributed by atoms with Crippen LogP contribution in [0.1, 0.15) is 5.56 Å². The highest BCUT2D eigenvalue weighted by Crippen LogP contribution is 2.19. The average molecular weight is 161 g/mol. The fourth-order valence-electron chi connectivity index (χ4n) is 1.55. The van der Waals surface area contributed by atoms with E-state index in [0.29, 0.717) is 0 Å². The predicted molar refractivity (Wildman–Crippen MR) is 48.8 cm³/mol. The third-order valence-electron chi connectivity index (χ3n) is 2.15. The number of aryl methyl sites for hydroxylation is 1. The van der Waals surface area contributed by atoms with Crippen molar-refractivity contribution in [2.45, 2.75) is 6.61 Å². The molecule has 2 aromatic rings. The lowest BCUT2D eigenvalue weighted by Gasteiger charge is -1.93. The highest BCUT2D eigenvalue weighted by Gasteiger charge is 2.02. The van der Waals surface area contributed by atoms with E-state index in [2.05, 4.69) is 6.07 Å². The zero-order valence-corrected chi connectivity index (χ0v) is 6.99. The zero-order chi connectivity index (χ0) is 8.55. The lowest BCUT2D eigenvalue weighted by Crippen LogP contribution is -1.82. The van der Waals surface area contributed by atoms with Crippen molar-refractivity contribution in [1.29, 1.82) is 0 Å². The van der Waals surface area contributed by atoms with E-state index in [1.54, 1.807) is 0 Å². The van der Waals surface area contributed by atoms with Crippen LogP contribution in [-0.4, -0.2) is 9.67 Å². The highest BCUT2D eigenvalue weighted by atomic mass is 16.3. The lowest BCUT2D eigenvalue weighted by atomic mass is 10.2. The number of nitrogens with zero attached hydrogens (tertiary/aromatic N) is 1. The highest BCUT2D eigenvalue weighted by molar-refractivity contribution is 5.83. The topological polar surface area (TPSA) is 25.2 Å². The molecule has 0 spiro atoms. The number of aliphatic hydroxyl groups is 1. The summed E-state index contributed by atoms with van der Waals surface area (Å²) in [7, 11) is 1.99. The van der Waals surface area contributed by atoms with Crippen molar-refractivity contribution in [2.24, 2.45) is 7.05 Å². The van der Waals surface area contributed by atoms with Gasteiger partial charge in [-0.3, -0.25) is 0 Å². The smallest absolute Gasteiger partial charge is 0.0702 e. The van der Waals surface area contributed by atoms with E-state index in [4.69, 9.17) is 5.11 Å². The lowest BCUT2D eigenvalue weighted by molar-refractivity contribution is 0.283. The molecule has 0 aliphatic rings. The Morgan fingerprint density at radius 1 is 1.33 bits per heavy atom. The molecule has 1 aromatic carbocycles. The molecule has 0 saturated heterocycles. The van der Waals surface area contributed by atoms with E-state index in [1.165, 1.54) is 5.52 Å². The van der Waals surface area contributed by atoms with Gasteiger partial charge in [-0.25, -0.2) is 0 Å². The maximum Gasteiger partial charge on any atom is 0.0702 e. The number of hydrogen-bond donors (Lipinski definition) is 1. The van der Waals surface area contributed by atoms with Gasteiger partial charge < -0.3 is 9.67 Å². The van der Waals surface area contributed by atoms with Crippen LogP contribution in [0.5, 0.6) is 0 Å². The molecule has 0 aliphatic carbocycles. The van der Waals surface area contributed by atoms with Crippen molar-refractivity contribution >= 4 is 10.9 Å². The molecule has 0 radical (unpaired) electrons. The van der Waals surface area contributed by atoms with Gasteiger partial charge in [0.2, 0.25) is 0 Å². The largest absolute Gasteiger partial charge is 0.392 e. The second kappa shape index (κ2) is 2.64. The van der Waals surface area contributed by atoms with Gasteiger partial charge in [0.25, 0.3) is 0 Å². The molecule has 2 rings (SSSR count). The molecule has 1 heterocycles. The van der Waals surface area contributed by atoms with E-state index in [1.807, 2.05) is 36.0 Å². The predicted octanol–water partition coefficient (Wildman–Crippen LogP) is 1.67. The Morgan fingerprint density at radius 2 is 2.08 bits per heavy atom. The van der Waals surface area contributed by atoms with E-state index >= 15 is 0 Å². The molecular formula is C10H11NO. The first-order chi connectivity index (χ1) is 5.83. The van der Waals surface area contributed by atoms with Crippen molar-refractivity contribution in [3.05, 3.63) is 36.0 Å². The Morgan fingerprint density at radius 3 is 2.83 bits per heavy atom. The fourth-order valence-corrected chi connectivity index (χ4v) is 1.55. The molecular weight excluding hydrogens is 150 g/mol. The number of aromatic nitrogens is 1. The Labute approximate surface area is 71.1 Å². The average Bonchev–Trinajstić information content (AvgIpc) is 2.44. The van der Waals surface area contributed by atoms with Gasteiger partial charge in [-0.1, -0.05) is 18.2 Å². The normalized spacial score (nSPS) is 10.8. The molecule has 0 unspecified atom stereocenters. The van der Waals surface area contributed by atoms with Gasteiger partial charge in [0.15, 0.2) is 0 Å². The molecule has 12 heavy (non-hydrogen) atoms. The molecule has 1 N–H and O–H groups in total. The summed E-state index contributed by atoms with van der Waals surface area (Å²) in [5.41, 5.74) is 2.16. The first-order valence-electron chi connectivity index (χ1n) is 3.96. The molecule has 2 heteroatoms. The van der Waals surface area contributed by atoms with E-state index in [0.717, 1.165) is 10.9 Å². The summed E-state index contributed by atoms with van der Waals surface area (Å²) in [6, 6.07) is 8.07. The molecule has 0 amide bonds. The molecule has 0 saturated carbocycles. The zero-order valence-electron chi connectivity index (χ0n) is 6.99. The Bertz CT molecular complexity index is 403. The van der Waals surface area contributed by atoms with Crippen LogP contribution in [0, 0.1) is 0 Å². The van der Waals surface area contributed by atoms with Gasteiger partial charge in [-0.15, -0.1) is 0 Å². The minimum Gasteiger partial charge on any atom is -0.392 e. The molecule has 0 aliphatic heterocycles. The minimum atomic E-state index is 0.112. The molecule has 1 aromatic heterocycles. The monoisotopic (exact) mass is 161 g/mol. The molecule has 0 fully saturated rings. The van der Waals surface area contributed by atoms with Crippen LogP contribution in [-0.2, 0) is 13.7 Å². The van der Waals surface area contributed by atoms with Gasteiger partial charge in [0.05, 0.1) is 6.61 Å². The summed E-state index contributed by atoms with van der Waals surface area (Å²) in [6.07, 6.45) is 1.96. The second-order valence-electron chi connectivity index (χ2n) is 2.94. The van der Waals surface area contributed by atoms with Gasteiger partial charge in [-0.2, -0.15) is 0 Å². The summed E-state index contributed by atoms with van der Waals surface area (Å²) in [5.74, 6) is 0. The number of aliphatic hydroxyl groups excluding tert-OH is 1. The van der Waals surface area contributed by atoms with E-state index < -0.39 is 0 Å². The quantitative estimate of drug-likeness (QED) is 0.676. The standard InChI is InChI=1S/C10H11NO/c1-11-6-8(7-12)9-4-2-3-5-10(9)11/h2-6,12H,7H2,1H3. The number of rotatable bonds is 1. The van der Waals surface area contributed by atoms with Crippen molar-refractivity contribution in [2.75, 3.05) is 0 Å². The molecule has 2 nitrogen and oxygen atoms in total. The molecule has 62 valence electrons. The summed E-state index contributed by atoms with van der Waals surface area (Å²) in [4.78, 5) is 0. The summed E-state index contributed by atoms with van der Waals surface area (Å²) >= 11 is 0. The SMILES string of the molecule is Cn1cc(CO)c2ccccc21. The Hall–Kier alpha value is -1.28. The van der Waals surface area contributed by atoms with Crippen molar-refractivity contribution < 1.29 is 5.11 Å². The third-order valence-corrected chi connectivity index (χ3v) is 2.15. The molecule has 0 atom stereocenters. The van der Waals surface area contributed by atoms with Gasteiger partial charge in [0.1, 0.15) is 0 Å². The van der Waals surface area contributed by atoms with Crippen LogP contribution in [0.25, 0.3) is 10.9 Å². The maximum atomic E-state index is 9.04. The van der Waals surface area contributed by atoms with Gasteiger partial charge in [0, 0.05) is 29.7 Å². The molecule has 0 bridgehead atoms. The van der Waals surface area contributed by atoms with Crippen LogP contribution < -0.4 is 0 Å². The summed E-state index contributed by atoms with van der Waals surface area (Å²) in [6.45, 7) is 0.112. The van der Waals surface area contributed by atoms with Crippen LogP contribution in [0.3, 0.4) is 0 Å². The van der Waals surface area contributed by atoms with Gasteiger partial charge >= 0.3 is 0 Å². The maximum absolute atomic E-state index is 9.04. The third kappa shape index (κ3) is 0.924.